The topological polar surface area (TPSA) is 62.1 Å². The monoisotopic (exact) mass is 226 g/mol. The molecule has 0 aromatic heterocycles. The Bertz CT molecular complexity index is 254. The number of nitrogens with zero attached hydrogens (tertiary/aromatic N) is 1. The molecule has 0 aromatic carbocycles. The number of nitrogens with one attached hydrogen (secondary N) is 1. The first-order valence-electron chi connectivity index (χ1n) is 5.86. The van der Waals surface area contributed by atoms with Crippen molar-refractivity contribution in [2.75, 3.05) is 13.2 Å². The van der Waals surface area contributed by atoms with Gasteiger partial charge < -0.3 is 10.1 Å². The molecule has 0 bridgehead atoms. The summed E-state index contributed by atoms with van der Waals surface area (Å²) >= 11 is 0. The van der Waals surface area contributed by atoms with E-state index >= 15 is 0 Å². The third-order valence-corrected chi connectivity index (χ3v) is 2.81. The second-order valence-corrected chi connectivity index (χ2v) is 3.93. The van der Waals surface area contributed by atoms with Crippen molar-refractivity contribution in [2.24, 2.45) is 5.41 Å². The van der Waals surface area contributed by atoms with E-state index in [0.29, 0.717) is 26.1 Å². The molecule has 1 N–H and O–H groups in total. The first kappa shape index (κ1) is 14.9. The van der Waals surface area contributed by atoms with E-state index in [1.54, 1.807) is 0 Å². The summed E-state index contributed by atoms with van der Waals surface area (Å²) in [5.74, 6) is -0.188. The SMILES string of the molecule is CCOCC(C)NC(=O)C(C#N)(CC)CC. The maximum Gasteiger partial charge on any atom is 0.240 e. The minimum absolute atomic E-state index is 0.0572. The van der Waals surface area contributed by atoms with Crippen LogP contribution in [0.2, 0.25) is 0 Å². The van der Waals surface area contributed by atoms with Crippen molar-refractivity contribution in [3.05, 3.63) is 0 Å². The zero-order chi connectivity index (χ0) is 12.6. The van der Waals surface area contributed by atoms with E-state index in [1.165, 1.54) is 0 Å². The van der Waals surface area contributed by atoms with Gasteiger partial charge in [-0.05, 0) is 26.7 Å². The molecule has 0 aliphatic heterocycles. The van der Waals surface area contributed by atoms with Gasteiger partial charge in [0.15, 0.2) is 0 Å². The van der Waals surface area contributed by atoms with Crippen molar-refractivity contribution in [3.63, 3.8) is 0 Å². The second-order valence-electron chi connectivity index (χ2n) is 3.93. The quantitative estimate of drug-likeness (QED) is 0.720. The Morgan fingerprint density at radius 3 is 2.38 bits per heavy atom. The van der Waals surface area contributed by atoms with Gasteiger partial charge in [-0.3, -0.25) is 4.79 Å². The van der Waals surface area contributed by atoms with Crippen LogP contribution in [0.4, 0.5) is 0 Å². The van der Waals surface area contributed by atoms with Crippen LogP contribution in [-0.4, -0.2) is 25.2 Å². The van der Waals surface area contributed by atoms with E-state index in [4.69, 9.17) is 10.00 Å². The molecule has 0 aliphatic carbocycles. The fraction of sp³-hybridized carbons (Fsp3) is 0.833. The third-order valence-electron chi connectivity index (χ3n) is 2.81. The maximum absolute atomic E-state index is 11.9. The molecule has 92 valence electrons. The van der Waals surface area contributed by atoms with Crippen LogP contribution >= 0.6 is 0 Å². The van der Waals surface area contributed by atoms with Crippen LogP contribution in [0.3, 0.4) is 0 Å². The molecule has 0 fully saturated rings. The Kier molecular flexibility index (Phi) is 6.75. The lowest BCUT2D eigenvalue weighted by Gasteiger charge is -2.24. The number of carbonyl (C=O) groups excluding carboxylic acids is 1. The van der Waals surface area contributed by atoms with Crippen molar-refractivity contribution in [3.8, 4) is 6.07 Å². The molecule has 1 atom stereocenters. The van der Waals surface area contributed by atoms with Gasteiger partial charge in [-0.15, -0.1) is 0 Å². The van der Waals surface area contributed by atoms with Gasteiger partial charge in [-0.2, -0.15) is 5.26 Å². The highest BCUT2D eigenvalue weighted by Gasteiger charge is 2.35. The normalized spacial score (nSPS) is 12.9. The van der Waals surface area contributed by atoms with Crippen LogP contribution in [0.25, 0.3) is 0 Å². The van der Waals surface area contributed by atoms with Gasteiger partial charge in [-0.25, -0.2) is 0 Å². The fourth-order valence-corrected chi connectivity index (χ4v) is 1.48. The lowest BCUT2D eigenvalue weighted by molar-refractivity contribution is -0.129. The molecule has 0 aromatic rings. The maximum atomic E-state index is 11.9. The van der Waals surface area contributed by atoms with Crippen LogP contribution in [-0.2, 0) is 9.53 Å². The van der Waals surface area contributed by atoms with Crippen molar-refractivity contribution in [1.29, 1.82) is 5.26 Å². The summed E-state index contributed by atoms with van der Waals surface area (Å²) in [7, 11) is 0. The molecule has 0 rings (SSSR count). The van der Waals surface area contributed by atoms with Gasteiger partial charge in [-0.1, -0.05) is 13.8 Å². The van der Waals surface area contributed by atoms with E-state index in [0.717, 1.165) is 0 Å². The van der Waals surface area contributed by atoms with Gasteiger partial charge in [0.1, 0.15) is 5.41 Å². The molecule has 0 saturated heterocycles. The van der Waals surface area contributed by atoms with Crippen molar-refractivity contribution in [2.45, 2.75) is 46.6 Å². The highest BCUT2D eigenvalue weighted by atomic mass is 16.5. The van der Waals surface area contributed by atoms with Crippen molar-refractivity contribution in [1.82, 2.24) is 5.32 Å². The Balaban J connectivity index is 4.38. The fourth-order valence-electron chi connectivity index (χ4n) is 1.48. The van der Waals surface area contributed by atoms with Gasteiger partial charge in [0.05, 0.1) is 12.7 Å². The first-order chi connectivity index (χ1) is 7.56. The number of rotatable bonds is 7. The van der Waals surface area contributed by atoms with E-state index in [-0.39, 0.29) is 11.9 Å². The van der Waals surface area contributed by atoms with Crippen LogP contribution in [0.15, 0.2) is 0 Å². The van der Waals surface area contributed by atoms with E-state index in [9.17, 15) is 4.79 Å². The smallest absolute Gasteiger partial charge is 0.240 e. The predicted molar refractivity (Wildman–Crippen MR) is 62.7 cm³/mol. The van der Waals surface area contributed by atoms with Crippen molar-refractivity contribution < 1.29 is 9.53 Å². The summed E-state index contributed by atoms with van der Waals surface area (Å²) in [6.07, 6.45) is 1.07. The summed E-state index contributed by atoms with van der Waals surface area (Å²) in [4.78, 5) is 11.9. The number of nitriles is 1. The number of hydrogen-bond donors (Lipinski definition) is 1. The van der Waals surface area contributed by atoms with Crippen LogP contribution in [0.5, 0.6) is 0 Å². The number of amides is 1. The van der Waals surface area contributed by atoms with Crippen molar-refractivity contribution >= 4 is 5.91 Å². The van der Waals surface area contributed by atoms with Gasteiger partial charge in [0.2, 0.25) is 5.91 Å². The highest BCUT2D eigenvalue weighted by molar-refractivity contribution is 5.85. The molecular formula is C12H22N2O2. The minimum Gasteiger partial charge on any atom is -0.380 e. The molecule has 16 heavy (non-hydrogen) atoms. The average Bonchev–Trinajstić information content (AvgIpc) is 2.29. The van der Waals surface area contributed by atoms with E-state index in [1.807, 2.05) is 27.7 Å². The Morgan fingerprint density at radius 2 is 2.00 bits per heavy atom. The first-order valence-corrected chi connectivity index (χ1v) is 5.86. The molecular weight excluding hydrogens is 204 g/mol. The molecule has 4 nitrogen and oxygen atoms in total. The molecule has 0 saturated carbocycles. The Labute approximate surface area is 98.0 Å². The van der Waals surface area contributed by atoms with E-state index in [2.05, 4.69) is 11.4 Å². The lowest BCUT2D eigenvalue weighted by atomic mass is 9.83. The van der Waals surface area contributed by atoms with Crippen LogP contribution in [0, 0.1) is 16.7 Å². The number of hydrogen-bond acceptors (Lipinski definition) is 3. The second kappa shape index (κ2) is 7.24. The standard InChI is InChI=1S/C12H22N2O2/c1-5-12(6-2,9-13)11(15)14-10(4)8-16-7-3/h10H,5-8H2,1-4H3,(H,14,15). The van der Waals surface area contributed by atoms with Crippen LogP contribution in [0.1, 0.15) is 40.5 Å². The zero-order valence-electron chi connectivity index (χ0n) is 10.7. The Hall–Kier alpha value is -1.08. The third kappa shape index (κ3) is 3.82. The summed E-state index contributed by atoms with van der Waals surface area (Å²) in [5.41, 5.74) is -0.888. The zero-order valence-corrected chi connectivity index (χ0v) is 10.7. The summed E-state index contributed by atoms with van der Waals surface area (Å²) in [6, 6.07) is 2.07. The van der Waals surface area contributed by atoms with Gasteiger partial charge in [0.25, 0.3) is 0 Å². The molecule has 0 spiro atoms. The summed E-state index contributed by atoms with van der Waals surface area (Å²) in [5, 5.41) is 11.9. The van der Waals surface area contributed by atoms with Crippen LogP contribution < -0.4 is 5.32 Å². The van der Waals surface area contributed by atoms with E-state index < -0.39 is 5.41 Å². The summed E-state index contributed by atoms with van der Waals surface area (Å²) < 4.78 is 5.21. The largest absolute Gasteiger partial charge is 0.380 e. The molecule has 0 radical (unpaired) electrons. The minimum atomic E-state index is -0.888. The van der Waals surface area contributed by atoms with Gasteiger partial charge >= 0.3 is 0 Å². The molecule has 0 heterocycles. The number of carbonyl (C=O) groups is 1. The molecule has 4 heteroatoms. The van der Waals surface area contributed by atoms with Gasteiger partial charge in [0, 0.05) is 12.6 Å². The Morgan fingerprint density at radius 1 is 1.44 bits per heavy atom. The predicted octanol–water partition coefficient (Wildman–Crippen LogP) is 1.86. The number of ether oxygens (including phenoxy) is 1. The average molecular weight is 226 g/mol. The molecule has 1 unspecified atom stereocenters. The molecule has 0 aliphatic rings. The lowest BCUT2D eigenvalue weighted by Crippen LogP contribution is -2.45. The molecule has 1 amide bonds. The summed E-state index contributed by atoms with van der Waals surface area (Å²) in [6.45, 7) is 8.62. The highest BCUT2D eigenvalue weighted by Crippen LogP contribution is 2.25.